The first kappa shape index (κ1) is 12.9. The third-order valence-corrected chi connectivity index (χ3v) is 2.92. The number of esters is 1. The van der Waals surface area contributed by atoms with E-state index in [2.05, 4.69) is 0 Å². The Balaban J connectivity index is 2.25. The number of carbonyl (C=O) groups excluding carboxylic acids is 1. The molecule has 0 unspecified atom stereocenters. The fraction of sp³-hybridized carbons (Fsp3) is 0.500. The number of rotatable bonds is 4. The smallest absolute Gasteiger partial charge is 0.313 e. The normalized spacial score (nSPS) is 21.8. The molecule has 2 atom stereocenters. The first-order chi connectivity index (χ1) is 8.52. The van der Waals surface area contributed by atoms with Crippen LogP contribution in [0.1, 0.15) is 32.4 Å². The highest BCUT2D eigenvalue weighted by molar-refractivity contribution is 5.75. The van der Waals surface area contributed by atoms with Crippen LogP contribution in [0.5, 0.6) is 11.5 Å². The lowest BCUT2D eigenvalue weighted by Crippen LogP contribution is -2.15. The minimum absolute atomic E-state index is 0.00457. The Bertz CT molecular complexity index is 453. The minimum Gasteiger partial charge on any atom is -0.497 e. The number of hydrogen-bond donors (Lipinski definition) is 0. The van der Waals surface area contributed by atoms with E-state index in [1.807, 2.05) is 26.8 Å². The summed E-state index contributed by atoms with van der Waals surface area (Å²) in [6, 6.07) is 5.39. The van der Waals surface area contributed by atoms with Gasteiger partial charge in [-0.05, 0) is 25.1 Å². The zero-order chi connectivity index (χ0) is 13.3. The summed E-state index contributed by atoms with van der Waals surface area (Å²) in [5.74, 6) is 0.896. The van der Waals surface area contributed by atoms with E-state index in [4.69, 9.17) is 14.2 Å². The van der Waals surface area contributed by atoms with Crippen LogP contribution in [0.25, 0.3) is 0 Å². The first-order valence-corrected chi connectivity index (χ1v) is 6.08. The summed E-state index contributed by atoms with van der Waals surface area (Å²) in [5, 5.41) is 0. The largest absolute Gasteiger partial charge is 0.497 e. The van der Waals surface area contributed by atoms with Gasteiger partial charge in [0.25, 0.3) is 0 Å². The summed E-state index contributed by atoms with van der Waals surface area (Å²) < 4.78 is 16.0. The molecule has 0 saturated carbocycles. The highest BCUT2D eigenvalue weighted by atomic mass is 16.6. The standard InChI is InChI=1S/C14H18O4/c1-8(2)14(15)18-12-6-5-10(16-4)7-11(12)13-9(3)17-13/h5-9,13H,1-4H3/t9-,13+/m0/s1. The van der Waals surface area contributed by atoms with Gasteiger partial charge in [-0.25, -0.2) is 0 Å². The third-order valence-electron chi connectivity index (χ3n) is 2.92. The van der Waals surface area contributed by atoms with E-state index in [0.717, 1.165) is 11.3 Å². The van der Waals surface area contributed by atoms with Gasteiger partial charge in [0.2, 0.25) is 0 Å². The molecule has 1 aliphatic heterocycles. The highest BCUT2D eigenvalue weighted by Crippen LogP contribution is 2.44. The number of benzene rings is 1. The molecule has 0 spiro atoms. The molecule has 0 N–H and O–H groups in total. The number of carbonyl (C=O) groups is 1. The number of epoxide rings is 1. The topological polar surface area (TPSA) is 48.1 Å². The molecule has 1 saturated heterocycles. The van der Waals surface area contributed by atoms with Gasteiger partial charge in [0.15, 0.2) is 0 Å². The molecule has 4 nitrogen and oxygen atoms in total. The average Bonchev–Trinajstić information content (AvgIpc) is 3.06. The van der Waals surface area contributed by atoms with Crippen molar-refractivity contribution in [3.05, 3.63) is 23.8 Å². The summed E-state index contributed by atoms with van der Waals surface area (Å²) in [4.78, 5) is 11.6. The molecule has 1 aliphatic rings. The molecule has 0 radical (unpaired) electrons. The second kappa shape index (κ2) is 4.98. The van der Waals surface area contributed by atoms with Gasteiger partial charge in [0, 0.05) is 5.56 Å². The molecule has 18 heavy (non-hydrogen) atoms. The van der Waals surface area contributed by atoms with E-state index < -0.39 is 0 Å². The Morgan fingerprint density at radius 1 is 1.39 bits per heavy atom. The van der Waals surface area contributed by atoms with Crippen molar-refractivity contribution >= 4 is 5.97 Å². The molecule has 1 fully saturated rings. The lowest BCUT2D eigenvalue weighted by molar-refractivity contribution is -0.137. The third kappa shape index (κ3) is 2.64. The SMILES string of the molecule is COc1ccc(OC(=O)C(C)C)c([C@@H]2O[C@H]2C)c1. The zero-order valence-electron chi connectivity index (χ0n) is 11.1. The van der Waals surface area contributed by atoms with Gasteiger partial charge < -0.3 is 14.2 Å². The fourth-order valence-electron chi connectivity index (χ4n) is 1.71. The van der Waals surface area contributed by atoms with Crippen molar-refractivity contribution < 1.29 is 19.0 Å². The van der Waals surface area contributed by atoms with Crippen LogP contribution in [0, 0.1) is 5.92 Å². The van der Waals surface area contributed by atoms with Crippen molar-refractivity contribution in [2.75, 3.05) is 7.11 Å². The summed E-state index contributed by atoms with van der Waals surface area (Å²) in [5.41, 5.74) is 0.871. The molecule has 2 rings (SSSR count). The van der Waals surface area contributed by atoms with Gasteiger partial charge in [-0.15, -0.1) is 0 Å². The summed E-state index contributed by atoms with van der Waals surface area (Å²) in [6.07, 6.45) is 0.156. The van der Waals surface area contributed by atoms with E-state index in [1.165, 1.54) is 0 Å². The van der Waals surface area contributed by atoms with Crippen LogP contribution in [0.2, 0.25) is 0 Å². The van der Waals surface area contributed by atoms with Crippen molar-refractivity contribution in [3.63, 3.8) is 0 Å². The minimum atomic E-state index is -0.241. The Labute approximate surface area is 107 Å². The molecular formula is C14H18O4. The van der Waals surface area contributed by atoms with E-state index >= 15 is 0 Å². The van der Waals surface area contributed by atoms with E-state index in [9.17, 15) is 4.79 Å². The van der Waals surface area contributed by atoms with Crippen molar-refractivity contribution in [2.45, 2.75) is 33.0 Å². The average molecular weight is 250 g/mol. The molecule has 4 heteroatoms. The molecule has 0 aromatic heterocycles. The second-order valence-corrected chi connectivity index (χ2v) is 4.74. The lowest BCUT2D eigenvalue weighted by Gasteiger charge is -2.11. The monoisotopic (exact) mass is 250 g/mol. The Morgan fingerprint density at radius 3 is 2.56 bits per heavy atom. The van der Waals surface area contributed by atoms with Crippen molar-refractivity contribution in [2.24, 2.45) is 5.92 Å². The van der Waals surface area contributed by atoms with Crippen LogP contribution in [-0.4, -0.2) is 19.2 Å². The van der Waals surface area contributed by atoms with Gasteiger partial charge in [-0.2, -0.15) is 0 Å². The molecule has 0 bridgehead atoms. The maximum absolute atomic E-state index is 11.6. The van der Waals surface area contributed by atoms with Crippen LogP contribution in [0.3, 0.4) is 0 Å². The van der Waals surface area contributed by atoms with Gasteiger partial charge in [0.1, 0.15) is 17.6 Å². The maximum Gasteiger partial charge on any atom is 0.313 e. The van der Waals surface area contributed by atoms with Crippen LogP contribution in [0.4, 0.5) is 0 Å². The van der Waals surface area contributed by atoms with Crippen LogP contribution >= 0.6 is 0 Å². The quantitative estimate of drug-likeness (QED) is 0.468. The van der Waals surface area contributed by atoms with Crippen molar-refractivity contribution in [3.8, 4) is 11.5 Å². The maximum atomic E-state index is 11.6. The Morgan fingerprint density at radius 2 is 2.06 bits per heavy atom. The molecule has 98 valence electrons. The molecule has 0 amide bonds. The van der Waals surface area contributed by atoms with Crippen LogP contribution in [0.15, 0.2) is 18.2 Å². The van der Waals surface area contributed by atoms with Crippen LogP contribution < -0.4 is 9.47 Å². The number of methoxy groups -OCH3 is 1. The highest BCUT2D eigenvalue weighted by Gasteiger charge is 2.38. The van der Waals surface area contributed by atoms with Gasteiger partial charge in [0.05, 0.1) is 19.1 Å². The molecule has 0 aliphatic carbocycles. The Kier molecular flexibility index (Phi) is 3.57. The van der Waals surface area contributed by atoms with Crippen LogP contribution in [-0.2, 0) is 9.53 Å². The van der Waals surface area contributed by atoms with Crippen molar-refractivity contribution in [1.82, 2.24) is 0 Å². The lowest BCUT2D eigenvalue weighted by atomic mass is 10.1. The molecular weight excluding hydrogens is 232 g/mol. The van der Waals surface area contributed by atoms with E-state index in [1.54, 1.807) is 19.2 Å². The van der Waals surface area contributed by atoms with E-state index in [0.29, 0.717) is 5.75 Å². The second-order valence-electron chi connectivity index (χ2n) is 4.74. The van der Waals surface area contributed by atoms with E-state index in [-0.39, 0.29) is 24.1 Å². The Hall–Kier alpha value is -1.55. The first-order valence-electron chi connectivity index (χ1n) is 6.08. The van der Waals surface area contributed by atoms with Gasteiger partial charge >= 0.3 is 5.97 Å². The summed E-state index contributed by atoms with van der Waals surface area (Å²) in [7, 11) is 1.61. The summed E-state index contributed by atoms with van der Waals surface area (Å²) >= 11 is 0. The number of ether oxygens (including phenoxy) is 3. The molecule has 1 aromatic rings. The zero-order valence-corrected chi connectivity index (χ0v) is 11.1. The van der Waals surface area contributed by atoms with Gasteiger partial charge in [-0.1, -0.05) is 13.8 Å². The number of hydrogen-bond acceptors (Lipinski definition) is 4. The predicted molar refractivity (Wildman–Crippen MR) is 66.8 cm³/mol. The summed E-state index contributed by atoms with van der Waals surface area (Å²) in [6.45, 7) is 5.60. The van der Waals surface area contributed by atoms with Gasteiger partial charge in [-0.3, -0.25) is 4.79 Å². The molecule has 1 heterocycles. The fourth-order valence-corrected chi connectivity index (χ4v) is 1.71. The molecule has 1 aromatic carbocycles. The van der Waals surface area contributed by atoms with Crippen molar-refractivity contribution in [1.29, 1.82) is 0 Å². The predicted octanol–water partition coefficient (Wildman–Crippen LogP) is 2.72.